The van der Waals surface area contributed by atoms with Crippen LogP contribution in [0.4, 0.5) is 0 Å². The Morgan fingerprint density at radius 2 is 2.11 bits per heavy atom. The molecule has 1 heterocycles. The summed E-state index contributed by atoms with van der Waals surface area (Å²) in [6, 6.07) is 9.92. The summed E-state index contributed by atoms with van der Waals surface area (Å²) in [5.41, 5.74) is 0.358. The van der Waals surface area contributed by atoms with Crippen LogP contribution in [0.5, 0.6) is 0 Å². The maximum Gasteiger partial charge on any atom is 0.324 e. The Morgan fingerprint density at radius 1 is 1.39 bits per heavy atom. The van der Waals surface area contributed by atoms with Gasteiger partial charge in [-0.05, 0) is 31.4 Å². The van der Waals surface area contributed by atoms with Crippen molar-refractivity contribution >= 4 is 24.5 Å². The molecule has 1 fully saturated rings. The smallest absolute Gasteiger partial charge is 0.324 e. The number of halogens is 1. The van der Waals surface area contributed by atoms with Gasteiger partial charge in [-0.1, -0.05) is 42.5 Å². The molecule has 98 valence electrons. The second-order valence-corrected chi connectivity index (χ2v) is 4.43. The van der Waals surface area contributed by atoms with E-state index in [1.807, 2.05) is 42.5 Å². The highest BCUT2D eigenvalue weighted by molar-refractivity contribution is 5.85. The number of hydrogen-bond acceptors (Lipinski definition) is 2. The predicted molar refractivity (Wildman–Crippen MR) is 74.9 cm³/mol. The van der Waals surface area contributed by atoms with Crippen LogP contribution < -0.4 is 5.32 Å². The topological polar surface area (TPSA) is 49.3 Å². The first-order valence-corrected chi connectivity index (χ1v) is 5.93. The van der Waals surface area contributed by atoms with Gasteiger partial charge < -0.3 is 10.4 Å². The van der Waals surface area contributed by atoms with Crippen molar-refractivity contribution in [2.45, 2.75) is 24.8 Å². The third-order valence-electron chi connectivity index (χ3n) is 3.23. The number of carbonyl (C=O) groups is 1. The van der Waals surface area contributed by atoms with Crippen molar-refractivity contribution in [3.63, 3.8) is 0 Å². The number of carboxylic acids is 1. The first-order valence-electron chi connectivity index (χ1n) is 5.93. The van der Waals surface area contributed by atoms with Crippen LogP contribution in [0.1, 0.15) is 24.8 Å². The summed E-state index contributed by atoms with van der Waals surface area (Å²) in [4.78, 5) is 11.3. The lowest BCUT2D eigenvalue weighted by Crippen LogP contribution is -2.47. The zero-order chi connectivity index (χ0) is 12.1. The van der Waals surface area contributed by atoms with Crippen LogP contribution >= 0.6 is 12.4 Å². The molecular formula is C14H18ClNO2. The normalized spacial score (nSPS) is 22.9. The van der Waals surface area contributed by atoms with Gasteiger partial charge >= 0.3 is 5.97 Å². The van der Waals surface area contributed by atoms with E-state index in [9.17, 15) is 9.90 Å². The highest BCUT2D eigenvalue weighted by Gasteiger charge is 2.39. The van der Waals surface area contributed by atoms with Crippen LogP contribution in [0.15, 0.2) is 36.4 Å². The molecule has 2 N–H and O–H groups in total. The molecule has 0 amide bonds. The summed E-state index contributed by atoms with van der Waals surface area (Å²) in [6.07, 6.45) is 6.11. The lowest BCUT2D eigenvalue weighted by atomic mass is 9.93. The van der Waals surface area contributed by atoms with Gasteiger partial charge in [0.05, 0.1) is 0 Å². The third-order valence-corrected chi connectivity index (χ3v) is 3.23. The average Bonchev–Trinajstić information content (AvgIpc) is 2.80. The van der Waals surface area contributed by atoms with E-state index < -0.39 is 11.5 Å². The van der Waals surface area contributed by atoms with E-state index in [2.05, 4.69) is 5.32 Å². The number of aliphatic carboxylic acids is 1. The quantitative estimate of drug-likeness (QED) is 0.882. The maximum absolute atomic E-state index is 11.3. The molecule has 1 aromatic rings. The van der Waals surface area contributed by atoms with Crippen LogP contribution in [-0.2, 0) is 4.79 Å². The molecule has 1 aliphatic rings. The fourth-order valence-corrected chi connectivity index (χ4v) is 2.21. The molecule has 0 unspecified atom stereocenters. The minimum atomic E-state index is -0.745. The Bertz CT molecular complexity index is 411. The van der Waals surface area contributed by atoms with Crippen LogP contribution in [0.2, 0.25) is 0 Å². The first-order chi connectivity index (χ1) is 8.23. The summed E-state index contributed by atoms with van der Waals surface area (Å²) in [7, 11) is 0. The highest BCUT2D eigenvalue weighted by atomic mass is 35.5. The van der Waals surface area contributed by atoms with E-state index in [0.29, 0.717) is 12.8 Å². The number of hydrogen-bond donors (Lipinski definition) is 2. The molecule has 18 heavy (non-hydrogen) atoms. The fourth-order valence-electron chi connectivity index (χ4n) is 2.21. The van der Waals surface area contributed by atoms with Crippen molar-refractivity contribution in [3.05, 3.63) is 42.0 Å². The number of benzene rings is 1. The second kappa shape index (κ2) is 6.57. The zero-order valence-electron chi connectivity index (χ0n) is 10.1. The molecule has 0 saturated carbocycles. The molecule has 1 atom stereocenters. The molecule has 1 aliphatic heterocycles. The van der Waals surface area contributed by atoms with E-state index in [0.717, 1.165) is 18.5 Å². The number of carboxylic acid groups (broad SMARTS) is 1. The molecule has 0 radical (unpaired) electrons. The Morgan fingerprint density at radius 3 is 2.67 bits per heavy atom. The molecule has 0 spiro atoms. The molecule has 0 aliphatic carbocycles. The predicted octanol–water partition coefficient (Wildman–Crippen LogP) is 2.72. The SMILES string of the molecule is Cl.O=C(O)[C@]1(C/C=C/c2ccccc2)CCCN1. The minimum absolute atomic E-state index is 0. The Hall–Kier alpha value is -1.32. The largest absolute Gasteiger partial charge is 0.480 e. The Labute approximate surface area is 113 Å². The lowest BCUT2D eigenvalue weighted by Gasteiger charge is -2.22. The molecule has 4 heteroatoms. The maximum atomic E-state index is 11.3. The third kappa shape index (κ3) is 3.34. The molecule has 1 aromatic carbocycles. The van der Waals surface area contributed by atoms with Gasteiger partial charge in [-0.15, -0.1) is 12.4 Å². The van der Waals surface area contributed by atoms with Gasteiger partial charge in [0.1, 0.15) is 5.54 Å². The van der Waals surface area contributed by atoms with E-state index >= 15 is 0 Å². The standard InChI is InChI=1S/C14H17NO2.ClH/c16-13(17)14(10-5-11-15-14)9-4-8-12-6-2-1-3-7-12;/h1-4,6-8,15H,5,9-11H2,(H,16,17);1H/b8-4+;/t14-;/m0./s1. The zero-order valence-corrected chi connectivity index (χ0v) is 11.0. The van der Waals surface area contributed by atoms with Gasteiger partial charge in [0.2, 0.25) is 0 Å². The van der Waals surface area contributed by atoms with Gasteiger partial charge in [-0.3, -0.25) is 4.79 Å². The Kier molecular flexibility index (Phi) is 5.38. The van der Waals surface area contributed by atoms with Crippen LogP contribution in [-0.4, -0.2) is 23.2 Å². The van der Waals surface area contributed by atoms with E-state index in [4.69, 9.17) is 0 Å². The summed E-state index contributed by atoms with van der Waals surface area (Å²) < 4.78 is 0. The lowest BCUT2D eigenvalue weighted by molar-refractivity contribution is -0.144. The van der Waals surface area contributed by atoms with Crippen molar-refractivity contribution in [3.8, 4) is 0 Å². The second-order valence-electron chi connectivity index (χ2n) is 4.43. The van der Waals surface area contributed by atoms with Crippen molar-refractivity contribution in [2.75, 3.05) is 6.54 Å². The average molecular weight is 268 g/mol. The van der Waals surface area contributed by atoms with Gasteiger partial charge in [0.25, 0.3) is 0 Å². The molecule has 0 aromatic heterocycles. The molecule has 2 rings (SSSR count). The highest BCUT2D eigenvalue weighted by Crippen LogP contribution is 2.24. The summed E-state index contributed by atoms with van der Waals surface area (Å²) in [5.74, 6) is -0.743. The van der Waals surface area contributed by atoms with Crippen LogP contribution in [0.25, 0.3) is 6.08 Å². The summed E-state index contributed by atoms with van der Waals surface area (Å²) in [6.45, 7) is 0.797. The van der Waals surface area contributed by atoms with Crippen LogP contribution in [0, 0.1) is 0 Å². The van der Waals surface area contributed by atoms with Gasteiger partial charge in [-0.25, -0.2) is 0 Å². The summed E-state index contributed by atoms with van der Waals surface area (Å²) in [5, 5.41) is 12.4. The van der Waals surface area contributed by atoms with E-state index in [1.54, 1.807) is 0 Å². The number of nitrogens with one attached hydrogen (secondary N) is 1. The van der Waals surface area contributed by atoms with Gasteiger partial charge in [-0.2, -0.15) is 0 Å². The first kappa shape index (κ1) is 14.7. The van der Waals surface area contributed by atoms with Crippen LogP contribution in [0.3, 0.4) is 0 Å². The fraction of sp³-hybridized carbons (Fsp3) is 0.357. The van der Waals surface area contributed by atoms with E-state index in [-0.39, 0.29) is 12.4 Å². The van der Waals surface area contributed by atoms with Gasteiger partial charge in [0.15, 0.2) is 0 Å². The molecule has 1 saturated heterocycles. The van der Waals surface area contributed by atoms with Crippen molar-refractivity contribution in [1.82, 2.24) is 5.32 Å². The monoisotopic (exact) mass is 267 g/mol. The van der Waals surface area contributed by atoms with Crippen molar-refractivity contribution in [1.29, 1.82) is 0 Å². The minimum Gasteiger partial charge on any atom is -0.480 e. The van der Waals surface area contributed by atoms with Crippen molar-refractivity contribution in [2.24, 2.45) is 0 Å². The van der Waals surface area contributed by atoms with E-state index in [1.165, 1.54) is 0 Å². The number of rotatable bonds is 4. The molecular weight excluding hydrogens is 250 g/mol. The van der Waals surface area contributed by atoms with Gasteiger partial charge in [0, 0.05) is 0 Å². The molecule has 3 nitrogen and oxygen atoms in total. The summed E-state index contributed by atoms with van der Waals surface area (Å²) >= 11 is 0. The van der Waals surface area contributed by atoms with Crippen molar-refractivity contribution < 1.29 is 9.90 Å². The Balaban J connectivity index is 0.00000162. The molecule has 0 bridgehead atoms.